The Labute approximate surface area is 140 Å². The molecule has 118 valence electrons. The van der Waals surface area contributed by atoms with Gasteiger partial charge in [0.1, 0.15) is 11.7 Å². The lowest BCUT2D eigenvalue weighted by atomic mass is 9.95. The van der Waals surface area contributed by atoms with E-state index in [9.17, 15) is 14.4 Å². The summed E-state index contributed by atoms with van der Waals surface area (Å²) in [6.45, 7) is 0. The van der Waals surface area contributed by atoms with Crippen molar-refractivity contribution in [2.24, 2.45) is 5.73 Å². The lowest BCUT2D eigenvalue weighted by molar-refractivity contribution is -0.117. The Kier molecular flexibility index (Phi) is 3.83. The number of benzene rings is 1. The number of rotatable bonds is 3. The van der Waals surface area contributed by atoms with Gasteiger partial charge in [-0.1, -0.05) is 11.6 Å². The maximum Gasteiger partial charge on any atom is 0.326 e. The van der Waals surface area contributed by atoms with Crippen LogP contribution in [0.15, 0.2) is 29.6 Å². The molecule has 6 nitrogen and oxygen atoms in total. The van der Waals surface area contributed by atoms with Crippen LogP contribution in [0.4, 0.5) is 10.5 Å². The van der Waals surface area contributed by atoms with Crippen LogP contribution in [0.25, 0.3) is 0 Å². The van der Waals surface area contributed by atoms with E-state index >= 15 is 0 Å². The first-order valence-electron chi connectivity index (χ1n) is 6.53. The number of imide groups is 1. The van der Waals surface area contributed by atoms with Gasteiger partial charge in [-0.15, -0.1) is 11.3 Å². The van der Waals surface area contributed by atoms with Crippen LogP contribution in [-0.4, -0.2) is 24.8 Å². The van der Waals surface area contributed by atoms with Crippen molar-refractivity contribution in [3.05, 3.63) is 45.1 Å². The van der Waals surface area contributed by atoms with E-state index in [1.165, 1.54) is 36.6 Å². The number of urea groups is 1. The van der Waals surface area contributed by atoms with E-state index in [1.54, 1.807) is 11.4 Å². The number of hydrogen-bond acceptors (Lipinski definition) is 5. The third kappa shape index (κ3) is 2.47. The zero-order valence-electron chi connectivity index (χ0n) is 11.9. The number of carbonyl (C=O) groups is 3. The molecule has 3 amide bonds. The van der Waals surface area contributed by atoms with Crippen LogP contribution in [0.3, 0.4) is 0 Å². The molecule has 0 bridgehead atoms. The van der Waals surface area contributed by atoms with Crippen molar-refractivity contribution in [2.75, 3.05) is 12.0 Å². The van der Waals surface area contributed by atoms with Gasteiger partial charge in [-0.25, -0.2) is 9.69 Å². The average Bonchev–Trinajstić information content (AvgIpc) is 3.08. The fourth-order valence-electron chi connectivity index (χ4n) is 2.52. The molecule has 1 atom stereocenters. The smallest absolute Gasteiger partial charge is 0.326 e. The van der Waals surface area contributed by atoms with Crippen molar-refractivity contribution in [1.29, 1.82) is 0 Å². The number of thiophene rings is 1. The Morgan fingerprint density at radius 3 is 2.70 bits per heavy atom. The number of nitrogens with two attached hydrogens (primary N) is 1. The molecule has 1 aromatic carbocycles. The standard InChI is InChI=1S/C15H11ClN2O4S/c1-22-8-5-11(23-6-8)13(19)12-9-4-7(16)2-3-10(9)18(14(12)20)15(17)21/h2-6,12H,1H3,(H2,17,21). The van der Waals surface area contributed by atoms with Crippen molar-refractivity contribution < 1.29 is 19.1 Å². The minimum absolute atomic E-state index is 0.286. The quantitative estimate of drug-likeness (QED) is 0.680. The number of anilines is 1. The second kappa shape index (κ2) is 5.68. The van der Waals surface area contributed by atoms with Crippen LogP contribution in [0, 0.1) is 0 Å². The number of Topliss-reactive ketones (excluding diaryl/α,β-unsaturated/α-hetero) is 1. The first kappa shape index (κ1) is 15.5. The molecule has 0 saturated carbocycles. The van der Waals surface area contributed by atoms with Gasteiger partial charge in [0, 0.05) is 16.5 Å². The van der Waals surface area contributed by atoms with Gasteiger partial charge < -0.3 is 10.5 Å². The maximum absolute atomic E-state index is 12.7. The van der Waals surface area contributed by atoms with Crippen molar-refractivity contribution in [1.82, 2.24) is 0 Å². The summed E-state index contributed by atoms with van der Waals surface area (Å²) in [5.41, 5.74) is 5.93. The summed E-state index contributed by atoms with van der Waals surface area (Å²) in [7, 11) is 1.49. The van der Waals surface area contributed by atoms with Crippen LogP contribution in [-0.2, 0) is 4.79 Å². The number of ether oxygens (including phenoxy) is 1. The Bertz CT molecular complexity index is 833. The molecule has 3 rings (SSSR count). The maximum atomic E-state index is 12.7. The first-order chi connectivity index (χ1) is 10.9. The predicted octanol–water partition coefficient (Wildman–Crippen LogP) is 2.80. The summed E-state index contributed by atoms with van der Waals surface area (Å²) >= 11 is 7.13. The van der Waals surface area contributed by atoms with Crippen LogP contribution in [0.1, 0.15) is 21.2 Å². The molecule has 1 aliphatic rings. The van der Waals surface area contributed by atoms with Crippen molar-refractivity contribution in [2.45, 2.75) is 5.92 Å². The second-order valence-electron chi connectivity index (χ2n) is 4.86. The van der Waals surface area contributed by atoms with Gasteiger partial charge in [-0.05, 0) is 23.8 Å². The molecule has 1 unspecified atom stereocenters. The number of carbonyl (C=O) groups excluding carboxylic acids is 3. The average molecular weight is 351 g/mol. The van der Waals surface area contributed by atoms with Gasteiger partial charge in [0.05, 0.1) is 17.7 Å². The number of amides is 3. The summed E-state index contributed by atoms with van der Waals surface area (Å²) < 4.78 is 5.05. The SMILES string of the molecule is COc1csc(C(=O)C2C(=O)N(C(N)=O)c3ccc(Cl)cc32)c1. The molecule has 2 aromatic rings. The zero-order chi connectivity index (χ0) is 16.7. The highest BCUT2D eigenvalue weighted by Crippen LogP contribution is 2.41. The number of nitrogens with zero attached hydrogens (tertiary/aromatic N) is 1. The zero-order valence-corrected chi connectivity index (χ0v) is 13.5. The van der Waals surface area contributed by atoms with E-state index in [0.29, 0.717) is 21.2 Å². The second-order valence-corrected chi connectivity index (χ2v) is 6.21. The molecule has 1 aliphatic heterocycles. The molecule has 1 aromatic heterocycles. The monoisotopic (exact) mass is 350 g/mol. The minimum Gasteiger partial charge on any atom is -0.496 e. The lowest BCUT2D eigenvalue weighted by Gasteiger charge is -2.12. The van der Waals surface area contributed by atoms with Crippen molar-refractivity contribution in [3.8, 4) is 5.75 Å². The molecule has 23 heavy (non-hydrogen) atoms. The highest BCUT2D eigenvalue weighted by atomic mass is 35.5. The van der Waals surface area contributed by atoms with E-state index in [1.807, 2.05) is 0 Å². The molecule has 2 heterocycles. The van der Waals surface area contributed by atoms with Crippen LogP contribution >= 0.6 is 22.9 Å². The molecule has 0 aliphatic carbocycles. The van der Waals surface area contributed by atoms with Crippen LogP contribution in [0.5, 0.6) is 5.75 Å². The summed E-state index contributed by atoms with van der Waals surface area (Å²) in [6.07, 6.45) is 0. The van der Waals surface area contributed by atoms with Gasteiger partial charge in [-0.2, -0.15) is 0 Å². The number of halogens is 1. The largest absolute Gasteiger partial charge is 0.496 e. The van der Waals surface area contributed by atoms with Gasteiger partial charge >= 0.3 is 6.03 Å². The fraction of sp³-hybridized carbons (Fsp3) is 0.133. The predicted molar refractivity (Wildman–Crippen MR) is 86.5 cm³/mol. The van der Waals surface area contributed by atoms with Gasteiger partial charge in [0.25, 0.3) is 5.91 Å². The van der Waals surface area contributed by atoms with Crippen LogP contribution in [0.2, 0.25) is 5.02 Å². The van der Waals surface area contributed by atoms with E-state index in [-0.39, 0.29) is 5.69 Å². The van der Waals surface area contributed by atoms with E-state index in [2.05, 4.69) is 0 Å². The lowest BCUT2D eigenvalue weighted by Crippen LogP contribution is -2.40. The summed E-state index contributed by atoms with van der Waals surface area (Å²) in [6, 6.07) is 5.16. The molecule has 0 fully saturated rings. The summed E-state index contributed by atoms with van der Waals surface area (Å²) in [5.74, 6) is -1.70. The topological polar surface area (TPSA) is 89.7 Å². The minimum atomic E-state index is -1.14. The summed E-state index contributed by atoms with van der Waals surface area (Å²) in [5, 5.41) is 2.03. The Morgan fingerprint density at radius 1 is 1.35 bits per heavy atom. The van der Waals surface area contributed by atoms with Crippen molar-refractivity contribution in [3.63, 3.8) is 0 Å². The highest BCUT2D eigenvalue weighted by molar-refractivity contribution is 7.12. The van der Waals surface area contributed by atoms with E-state index < -0.39 is 23.6 Å². The number of ketones is 1. The van der Waals surface area contributed by atoms with Gasteiger partial charge in [0.15, 0.2) is 5.78 Å². The first-order valence-corrected chi connectivity index (χ1v) is 7.79. The molecule has 8 heteroatoms. The van der Waals surface area contributed by atoms with Crippen LogP contribution < -0.4 is 15.4 Å². The molecule has 0 saturated heterocycles. The summed E-state index contributed by atoms with van der Waals surface area (Å²) in [4.78, 5) is 38.0. The van der Waals surface area contributed by atoms with E-state index in [4.69, 9.17) is 22.1 Å². The number of primary amides is 1. The number of methoxy groups -OCH3 is 1. The van der Waals surface area contributed by atoms with Gasteiger partial charge in [0.2, 0.25) is 0 Å². The molecule has 0 spiro atoms. The van der Waals surface area contributed by atoms with E-state index in [0.717, 1.165) is 4.90 Å². The Morgan fingerprint density at radius 2 is 2.09 bits per heavy atom. The molecule has 0 radical (unpaired) electrons. The molecular weight excluding hydrogens is 340 g/mol. The normalized spacial score (nSPS) is 16.3. The van der Waals surface area contributed by atoms with Crippen molar-refractivity contribution >= 4 is 46.3 Å². The molecular formula is C15H11ClN2O4S. The Balaban J connectivity index is 2.09. The highest BCUT2D eigenvalue weighted by Gasteiger charge is 2.44. The third-order valence-electron chi connectivity index (χ3n) is 3.55. The third-order valence-corrected chi connectivity index (χ3v) is 4.70. The Hall–Kier alpha value is -2.38. The molecule has 2 N–H and O–H groups in total. The fourth-order valence-corrected chi connectivity index (χ4v) is 3.53. The number of hydrogen-bond donors (Lipinski definition) is 1. The van der Waals surface area contributed by atoms with Gasteiger partial charge in [-0.3, -0.25) is 9.59 Å². The number of fused-ring (bicyclic) bond motifs is 1.